The predicted molar refractivity (Wildman–Crippen MR) is 115 cm³/mol. The molecule has 1 fully saturated rings. The summed E-state index contributed by atoms with van der Waals surface area (Å²) in [6.07, 6.45) is 4.94. The number of ether oxygens (including phenoxy) is 1. The highest BCUT2D eigenvalue weighted by Crippen LogP contribution is 2.28. The Morgan fingerprint density at radius 1 is 1.03 bits per heavy atom. The van der Waals surface area contributed by atoms with E-state index in [1.54, 1.807) is 18.5 Å². The number of nitrogens with zero attached hydrogens (tertiary/aromatic N) is 6. The number of unbranched alkanes of at least 4 members (excludes halogenated alkanes) is 1. The van der Waals surface area contributed by atoms with Crippen molar-refractivity contribution in [1.29, 1.82) is 0 Å². The Bertz CT molecular complexity index is 993. The zero-order valence-electron chi connectivity index (χ0n) is 17.6. The Balaban J connectivity index is 1.27. The molecule has 11 heteroatoms. The van der Waals surface area contributed by atoms with Crippen LogP contribution >= 0.6 is 0 Å². The number of benzene rings is 1. The number of non-ortho nitro benzene ring substituents is 1. The Morgan fingerprint density at radius 2 is 1.75 bits per heavy atom. The van der Waals surface area contributed by atoms with E-state index >= 15 is 0 Å². The third-order valence-electron chi connectivity index (χ3n) is 5.62. The third-order valence-corrected chi connectivity index (χ3v) is 5.62. The zero-order chi connectivity index (χ0) is 22.5. The number of hydrogen-bond donors (Lipinski definition) is 0. The van der Waals surface area contributed by atoms with E-state index in [0.29, 0.717) is 6.42 Å². The van der Waals surface area contributed by atoms with Crippen LogP contribution in [0.15, 0.2) is 36.7 Å². The molecule has 0 atom stereocenters. The van der Waals surface area contributed by atoms with Gasteiger partial charge < -0.3 is 9.64 Å². The fraction of sp³-hybridized carbons (Fsp3) is 0.429. The number of aromatic nitrogens is 2. The summed E-state index contributed by atoms with van der Waals surface area (Å²) in [6, 6.07) is 5.59. The molecule has 11 nitrogen and oxygen atoms in total. The molecule has 2 aliphatic heterocycles. The van der Waals surface area contributed by atoms with Gasteiger partial charge in [-0.15, -0.1) is 0 Å². The van der Waals surface area contributed by atoms with Crippen LogP contribution in [0, 0.1) is 10.1 Å². The first-order valence-electron chi connectivity index (χ1n) is 10.5. The Morgan fingerprint density at radius 3 is 2.47 bits per heavy atom. The maximum atomic E-state index is 12.9. The lowest BCUT2D eigenvalue weighted by molar-refractivity contribution is -0.384. The van der Waals surface area contributed by atoms with Gasteiger partial charge in [0, 0.05) is 57.3 Å². The predicted octanol–water partition coefficient (Wildman–Crippen LogP) is 1.35. The molecule has 0 saturated carbocycles. The second-order valence-electron chi connectivity index (χ2n) is 7.66. The van der Waals surface area contributed by atoms with E-state index in [1.165, 1.54) is 18.2 Å². The van der Waals surface area contributed by atoms with Crippen molar-refractivity contribution >= 4 is 23.5 Å². The van der Waals surface area contributed by atoms with Crippen LogP contribution in [0.1, 0.15) is 23.2 Å². The van der Waals surface area contributed by atoms with Crippen molar-refractivity contribution in [1.82, 2.24) is 19.8 Å². The number of rotatable bonds is 7. The Hall–Kier alpha value is -3.60. The Labute approximate surface area is 184 Å². The monoisotopic (exact) mass is 440 g/mol. The van der Waals surface area contributed by atoms with E-state index < -0.39 is 16.7 Å². The molecule has 0 aliphatic carbocycles. The average Bonchev–Trinajstić information content (AvgIpc) is 2.94. The fourth-order valence-corrected chi connectivity index (χ4v) is 3.86. The molecule has 168 valence electrons. The minimum absolute atomic E-state index is 0.0457. The summed E-state index contributed by atoms with van der Waals surface area (Å²) in [5.74, 6) is -0.0576. The number of imide groups is 1. The zero-order valence-corrected chi connectivity index (χ0v) is 17.6. The quantitative estimate of drug-likeness (QED) is 0.272. The second-order valence-corrected chi connectivity index (χ2v) is 7.66. The number of anilines is 1. The standard InChI is InChI=1S/C21H24N6O5/c28-19-15-32-18-5-4-16(27(30)31)14-17(18)20(29)26(19)9-2-1-8-24-10-12-25(13-11-24)21-22-6-3-7-23-21/h3-7,14H,1-2,8-13,15H2. The topological polar surface area (TPSA) is 122 Å². The summed E-state index contributed by atoms with van der Waals surface area (Å²) in [4.78, 5) is 49.9. The van der Waals surface area contributed by atoms with E-state index in [4.69, 9.17) is 4.74 Å². The van der Waals surface area contributed by atoms with Gasteiger partial charge in [-0.25, -0.2) is 9.97 Å². The lowest BCUT2D eigenvalue weighted by Crippen LogP contribution is -2.47. The van der Waals surface area contributed by atoms with Gasteiger partial charge in [0.1, 0.15) is 5.75 Å². The summed E-state index contributed by atoms with van der Waals surface area (Å²) in [6.45, 7) is 4.33. The van der Waals surface area contributed by atoms with Crippen LogP contribution in [0.3, 0.4) is 0 Å². The molecule has 0 spiro atoms. The first-order valence-corrected chi connectivity index (χ1v) is 10.5. The van der Waals surface area contributed by atoms with Crippen LogP contribution in [0.25, 0.3) is 0 Å². The van der Waals surface area contributed by atoms with Gasteiger partial charge in [-0.05, 0) is 31.5 Å². The number of fused-ring (bicyclic) bond motifs is 1. The summed E-state index contributed by atoms with van der Waals surface area (Å²) < 4.78 is 5.39. The molecule has 4 rings (SSSR count). The molecule has 2 aromatic rings. The normalized spacial score (nSPS) is 17.0. The smallest absolute Gasteiger partial charge is 0.270 e. The van der Waals surface area contributed by atoms with E-state index in [0.717, 1.165) is 50.0 Å². The second kappa shape index (κ2) is 9.69. The molecular formula is C21H24N6O5. The van der Waals surface area contributed by atoms with Crippen molar-refractivity contribution < 1.29 is 19.2 Å². The highest BCUT2D eigenvalue weighted by molar-refractivity contribution is 6.08. The van der Waals surface area contributed by atoms with E-state index in [-0.39, 0.29) is 30.2 Å². The Kier molecular flexibility index (Phi) is 6.55. The van der Waals surface area contributed by atoms with Gasteiger partial charge in [0.25, 0.3) is 17.5 Å². The van der Waals surface area contributed by atoms with Gasteiger partial charge in [-0.2, -0.15) is 0 Å². The molecule has 0 bridgehead atoms. The van der Waals surface area contributed by atoms with Gasteiger partial charge in [-0.3, -0.25) is 29.5 Å². The molecule has 1 aromatic heterocycles. The highest BCUT2D eigenvalue weighted by Gasteiger charge is 2.30. The highest BCUT2D eigenvalue weighted by atomic mass is 16.6. The van der Waals surface area contributed by atoms with Crippen LogP contribution in [0.5, 0.6) is 5.75 Å². The largest absolute Gasteiger partial charge is 0.483 e. The number of carbonyl (C=O) groups excluding carboxylic acids is 2. The molecule has 32 heavy (non-hydrogen) atoms. The lowest BCUT2D eigenvalue weighted by Gasteiger charge is -2.34. The van der Waals surface area contributed by atoms with Crippen LogP contribution in [0.4, 0.5) is 11.6 Å². The van der Waals surface area contributed by atoms with Gasteiger partial charge in [0.15, 0.2) is 6.61 Å². The molecule has 1 saturated heterocycles. The van der Waals surface area contributed by atoms with E-state index in [1.807, 2.05) is 0 Å². The number of amides is 2. The van der Waals surface area contributed by atoms with Crippen molar-refractivity contribution in [2.24, 2.45) is 0 Å². The molecule has 1 aromatic carbocycles. The summed E-state index contributed by atoms with van der Waals surface area (Å²) in [5, 5.41) is 11.0. The molecule has 0 unspecified atom stereocenters. The number of nitro groups is 1. The minimum Gasteiger partial charge on any atom is -0.483 e. The van der Waals surface area contributed by atoms with Crippen LogP contribution in [0.2, 0.25) is 0 Å². The average molecular weight is 440 g/mol. The third kappa shape index (κ3) is 4.83. The number of hydrogen-bond acceptors (Lipinski definition) is 9. The maximum absolute atomic E-state index is 12.9. The van der Waals surface area contributed by atoms with Crippen molar-refractivity contribution in [2.45, 2.75) is 12.8 Å². The summed E-state index contributed by atoms with van der Waals surface area (Å²) in [5.41, 5.74) is -0.167. The first kappa shape index (κ1) is 21.6. The summed E-state index contributed by atoms with van der Waals surface area (Å²) >= 11 is 0. The molecule has 2 aliphatic rings. The van der Waals surface area contributed by atoms with Gasteiger partial charge >= 0.3 is 0 Å². The van der Waals surface area contributed by atoms with Gasteiger partial charge in [0.05, 0.1) is 10.5 Å². The van der Waals surface area contributed by atoms with E-state index in [2.05, 4.69) is 19.8 Å². The fourth-order valence-electron chi connectivity index (χ4n) is 3.86. The van der Waals surface area contributed by atoms with Crippen molar-refractivity contribution in [2.75, 3.05) is 50.8 Å². The maximum Gasteiger partial charge on any atom is 0.270 e. The van der Waals surface area contributed by atoms with Crippen LogP contribution in [-0.4, -0.2) is 82.4 Å². The van der Waals surface area contributed by atoms with Gasteiger partial charge in [-0.1, -0.05) is 0 Å². The molecule has 3 heterocycles. The minimum atomic E-state index is -0.575. The lowest BCUT2D eigenvalue weighted by atomic mass is 10.1. The van der Waals surface area contributed by atoms with Crippen molar-refractivity contribution in [3.05, 3.63) is 52.3 Å². The van der Waals surface area contributed by atoms with E-state index in [9.17, 15) is 19.7 Å². The first-order chi connectivity index (χ1) is 15.5. The SMILES string of the molecule is O=C1COc2ccc([N+](=O)[O-])cc2C(=O)N1CCCCN1CCN(c2ncccn2)CC1. The number of carbonyl (C=O) groups is 2. The van der Waals surface area contributed by atoms with Crippen LogP contribution in [-0.2, 0) is 4.79 Å². The van der Waals surface area contributed by atoms with Crippen LogP contribution < -0.4 is 9.64 Å². The number of nitro benzene ring substituents is 1. The number of piperazine rings is 1. The molecule has 0 radical (unpaired) electrons. The summed E-state index contributed by atoms with van der Waals surface area (Å²) in [7, 11) is 0. The van der Waals surface area contributed by atoms with Gasteiger partial charge in [0.2, 0.25) is 5.95 Å². The molecule has 0 N–H and O–H groups in total. The molecule has 2 amide bonds. The van der Waals surface area contributed by atoms with Crippen molar-refractivity contribution in [3.8, 4) is 5.75 Å². The molecular weight excluding hydrogens is 416 g/mol. The van der Waals surface area contributed by atoms with Crippen molar-refractivity contribution in [3.63, 3.8) is 0 Å².